The van der Waals surface area contributed by atoms with Crippen LogP contribution in [-0.4, -0.2) is 62.7 Å². The Morgan fingerprint density at radius 2 is 1.75 bits per heavy atom. The van der Waals surface area contributed by atoms with Gasteiger partial charge in [0.2, 0.25) is 0 Å². The number of carbonyl (C=O) groups excluding carboxylic acids is 1. The molecular formula is C18H23N5O. The molecular weight excluding hydrogens is 302 g/mol. The first-order valence-corrected chi connectivity index (χ1v) is 8.80. The monoisotopic (exact) mass is 325 g/mol. The Labute approximate surface area is 142 Å². The number of likely N-dealkylation sites (tertiary alicyclic amines) is 2. The van der Waals surface area contributed by atoms with Gasteiger partial charge in [0.05, 0.1) is 11.3 Å². The zero-order valence-electron chi connectivity index (χ0n) is 13.8. The molecule has 1 aromatic heterocycles. The van der Waals surface area contributed by atoms with E-state index in [0.29, 0.717) is 6.04 Å². The summed E-state index contributed by atoms with van der Waals surface area (Å²) in [6, 6.07) is 8.21. The summed E-state index contributed by atoms with van der Waals surface area (Å²) in [4.78, 5) is 17.6. The van der Waals surface area contributed by atoms with Crippen molar-refractivity contribution in [1.82, 2.24) is 24.6 Å². The van der Waals surface area contributed by atoms with E-state index >= 15 is 0 Å². The first kappa shape index (κ1) is 15.3. The Morgan fingerprint density at radius 1 is 1.00 bits per heavy atom. The second kappa shape index (κ2) is 6.73. The average Bonchev–Trinajstić information content (AvgIpc) is 3.34. The highest BCUT2D eigenvalue weighted by Gasteiger charge is 2.32. The molecule has 0 aliphatic carbocycles. The van der Waals surface area contributed by atoms with E-state index in [1.807, 2.05) is 29.2 Å². The number of amides is 1. The lowest BCUT2D eigenvalue weighted by atomic mass is 10.1. The molecule has 2 fully saturated rings. The van der Waals surface area contributed by atoms with Crippen molar-refractivity contribution in [3.8, 4) is 5.69 Å². The summed E-state index contributed by atoms with van der Waals surface area (Å²) in [6.45, 7) is 4.06. The maximum Gasteiger partial charge on any atom is 0.256 e. The molecule has 0 bridgehead atoms. The molecule has 0 saturated carbocycles. The Kier molecular flexibility index (Phi) is 4.30. The zero-order valence-corrected chi connectivity index (χ0v) is 13.8. The number of piperidine rings is 1. The molecule has 6 heteroatoms. The highest BCUT2D eigenvalue weighted by atomic mass is 16.2. The summed E-state index contributed by atoms with van der Waals surface area (Å²) >= 11 is 0. The van der Waals surface area contributed by atoms with Crippen LogP contribution in [0.4, 0.5) is 0 Å². The summed E-state index contributed by atoms with van der Waals surface area (Å²) in [5.41, 5.74) is 1.56. The van der Waals surface area contributed by atoms with Gasteiger partial charge in [0.15, 0.2) is 0 Å². The SMILES string of the molecule is O=C(c1ccccc1-n1cnnc1)N1CC[C@H](N2CCCCC2)C1. The number of nitrogens with zero attached hydrogens (tertiary/aromatic N) is 5. The predicted octanol–water partition coefficient (Wildman–Crippen LogP) is 1.97. The normalized spacial score (nSPS) is 22.0. The minimum Gasteiger partial charge on any atom is -0.337 e. The van der Waals surface area contributed by atoms with E-state index in [1.54, 1.807) is 17.2 Å². The van der Waals surface area contributed by atoms with Crippen LogP contribution in [0.15, 0.2) is 36.9 Å². The van der Waals surface area contributed by atoms with Crippen LogP contribution in [0.3, 0.4) is 0 Å². The van der Waals surface area contributed by atoms with Gasteiger partial charge in [-0.3, -0.25) is 14.3 Å². The molecule has 1 atom stereocenters. The van der Waals surface area contributed by atoms with E-state index < -0.39 is 0 Å². The first-order valence-electron chi connectivity index (χ1n) is 8.80. The molecule has 2 aliphatic heterocycles. The van der Waals surface area contributed by atoms with Gasteiger partial charge in [-0.05, 0) is 44.5 Å². The molecule has 2 aliphatic rings. The molecule has 2 saturated heterocycles. The van der Waals surface area contributed by atoms with Gasteiger partial charge in [0.1, 0.15) is 12.7 Å². The molecule has 0 radical (unpaired) electrons. The topological polar surface area (TPSA) is 54.3 Å². The molecule has 0 unspecified atom stereocenters. The van der Waals surface area contributed by atoms with Gasteiger partial charge in [0.25, 0.3) is 5.91 Å². The van der Waals surface area contributed by atoms with Crippen LogP contribution in [0, 0.1) is 0 Å². The van der Waals surface area contributed by atoms with E-state index in [2.05, 4.69) is 15.1 Å². The fourth-order valence-electron chi connectivity index (χ4n) is 3.88. The van der Waals surface area contributed by atoms with E-state index in [9.17, 15) is 4.79 Å². The largest absolute Gasteiger partial charge is 0.337 e. The van der Waals surface area contributed by atoms with Gasteiger partial charge >= 0.3 is 0 Å². The van der Waals surface area contributed by atoms with E-state index in [4.69, 9.17) is 0 Å². The standard InChI is InChI=1S/C18H23N5O/c24-18(16-6-2-3-7-17(16)23-13-19-20-14-23)22-11-8-15(12-22)21-9-4-1-5-10-21/h2-3,6-7,13-15H,1,4-5,8-12H2/t15-/m0/s1. The van der Waals surface area contributed by atoms with E-state index in [-0.39, 0.29) is 5.91 Å². The number of hydrogen-bond acceptors (Lipinski definition) is 4. The number of hydrogen-bond donors (Lipinski definition) is 0. The number of para-hydroxylation sites is 1. The molecule has 126 valence electrons. The van der Waals surface area contributed by atoms with Crippen LogP contribution in [0.1, 0.15) is 36.0 Å². The van der Waals surface area contributed by atoms with Gasteiger partial charge in [-0.1, -0.05) is 18.6 Å². The minimum absolute atomic E-state index is 0.110. The molecule has 6 nitrogen and oxygen atoms in total. The van der Waals surface area contributed by atoms with E-state index in [0.717, 1.165) is 30.8 Å². The maximum absolute atomic E-state index is 13.0. The number of aromatic nitrogens is 3. The Hall–Kier alpha value is -2.21. The van der Waals surface area contributed by atoms with Crippen molar-refractivity contribution in [2.24, 2.45) is 0 Å². The van der Waals surface area contributed by atoms with Gasteiger partial charge in [-0.15, -0.1) is 10.2 Å². The quantitative estimate of drug-likeness (QED) is 0.866. The maximum atomic E-state index is 13.0. The van der Waals surface area contributed by atoms with Crippen molar-refractivity contribution in [1.29, 1.82) is 0 Å². The lowest BCUT2D eigenvalue weighted by molar-refractivity contribution is 0.0771. The smallest absolute Gasteiger partial charge is 0.256 e. The molecule has 24 heavy (non-hydrogen) atoms. The van der Waals surface area contributed by atoms with Crippen LogP contribution in [0.25, 0.3) is 5.69 Å². The Morgan fingerprint density at radius 3 is 2.54 bits per heavy atom. The Balaban J connectivity index is 1.51. The second-order valence-electron chi connectivity index (χ2n) is 6.68. The summed E-state index contributed by atoms with van der Waals surface area (Å²) < 4.78 is 1.80. The summed E-state index contributed by atoms with van der Waals surface area (Å²) in [7, 11) is 0. The molecule has 0 spiro atoms. The number of carbonyl (C=O) groups is 1. The summed E-state index contributed by atoms with van der Waals surface area (Å²) in [5, 5.41) is 7.70. The van der Waals surface area contributed by atoms with Crippen molar-refractivity contribution in [2.75, 3.05) is 26.2 Å². The minimum atomic E-state index is 0.110. The van der Waals surface area contributed by atoms with Gasteiger partial charge in [0, 0.05) is 19.1 Å². The van der Waals surface area contributed by atoms with Crippen molar-refractivity contribution >= 4 is 5.91 Å². The third-order valence-electron chi connectivity index (χ3n) is 5.19. The van der Waals surface area contributed by atoms with Crippen molar-refractivity contribution in [3.05, 3.63) is 42.5 Å². The van der Waals surface area contributed by atoms with Crippen LogP contribution in [-0.2, 0) is 0 Å². The fraction of sp³-hybridized carbons (Fsp3) is 0.500. The molecule has 1 amide bonds. The van der Waals surface area contributed by atoms with Gasteiger partial charge in [-0.2, -0.15) is 0 Å². The van der Waals surface area contributed by atoms with Gasteiger partial charge in [-0.25, -0.2) is 0 Å². The highest BCUT2D eigenvalue weighted by molar-refractivity contribution is 5.98. The second-order valence-corrected chi connectivity index (χ2v) is 6.68. The average molecular weight is 325 g/mol. The highest BCUT2D eigenvalue weighted by Crippen LogP contribution is 2.23. The fourth-order valence-corrected chi connectivity index (χ4v) is 3.88. The predicted molar refractivity (Wildman–Crippen MR) is 91.1 cm³/mol. The van der Waals surface area contributed by atoms with Crippen molar-refractivity contribution < 1.29 is 4.79 Å². The lowest BCUT2D eigenvalue weighted by Gasteiger charge is -2.32. The van der Waals surface area contributed by atoms with Crippen LogP contribution >= 0.6 is 0 Å². The molecule has 3 heterocycles. The van der Waals surface area contributed by atoms with Crippen LogP contribution < -0.4 is 0 Å². The summed E-state index contributed by atoms with van der Waals surface area (Å²) in [5.74, 6) is 0.110. The third-order valence-corrected chi connectivity index (χ3v) is 5.19. The Bertz CT molecular complexity index is 693. The molecule has 4 rings (SSSR count). The van der Waals surface area contributed by atoms with Crippen molar-refractivity contribution in [3.63, 3.8) is 0 Å². The van der Waals surface area contributed by atoms with Crippen LogP contribution in [0.2, 0.25) is 0 Å². The molecule has 1 aromatic carbocycles. The first-order chi connectivity index (χ1) is 11.8. The zero-order chi connectivity index (χ0) is 16.4. The third kappa shape index (κ3) is 2.94. The van der Waals surface area contributed by atoms with E-state index in [1.165, 1.54) is 32.4 Å². The number of benzene rings is 1. The molecule has 0 N–H and O–H groups in total. The van der Waals surface area contributed by atoms with Crippen molar-refractivity contribution in [2.45, 2.75) is 31.7 Å². The number of rotatable bonds is 3. The lowest BCUT2D eigenvalue weighted by Crippen LogP contribution is -2.41. The summed E-state index contributed by atoms with van der Waals surface area (Å²) in [6.07, 6.45) is 8.28. The van der Waals surface area contributed by atoms with Gasteiger partial charge < -0.3 is 4.90 Å². The van der Waals surface area contributed by atoms with Crippen LogP contribution in [0.5, 0.6) is 0 Å². The molecule has 2 aromatic rings.